The molecule has 0 aliphatic rings. The van der Waals surface area contributed by atoms with Crippen LogP contribution in [-0.2, 0) is 0 Å². The Morgan fingerprint density at radius 3 is 0.629 bits per heavy atom. The van der Waals surface area contributed by atoms with Gasteiger partial charge in [0.1, 0.15) is 0 Å². The van der Waals surface area contributed by atoms with Crippen molar-refractivity contribution < 1.29 is 79.0 Å². The second-order valence-electron chi connectivity index (χ2n) is 4.41. The van der Waals surface area contributed by atoms with Crippen molar-refractivity contribution in [2.45, 2.75) is 86.8 Å². The summed E-state index contributed by atoms with van der Waals surface area (Å²) in [5.41, 5.74) is -5.07. The highest BCUT2D eigenvalue weighted by molar-refractivity contribution is 4.93. The lowest BCUT2D eigenvalue weighted by molar-refractivity contribution is -0.343. The minimum absolute atomic E-state index is 0. The minimum Gasteiger partial charge on any atom is -0.251 e. The fraction of sp³-hybridized carbons (Fsp3) is 1.00. The van der Waals surface area contributed by atoms with Gasteiger partial charge in [0.25, 0.3) is 5.67 Å². The molecule has 0 bridgehead atoms. The smallest absolute Gasteiger partial charge is 0.251 e. The molecule has 228 valence electrons. The van der Waals surface area contributed by atoms with E-state index in [0.29, 0.717) is 0 Å². The van der Waals surface area contributed by atoms with Crippen LogP contribution in [0.5, 0.6) is 0 Å². The summed E-state index contributed by atoms with van der Waals surface area (Å²) < 4.78 is 195. The molecule has 0 fully saturated rings. The highest BCUT2D eigenvalue weighted by Gasteiger charge is 2.71. The van der Waals surface area contributed by atoms with Gasteiger partial charge in [-0.3, -0.25) is 4.39 Å². The van der Waals surface area contributed by atoms with Gasteiger partial charge in [-0.2, -0.15) is 52.7 Å². The Labute approximate surface area is 194 Å². The molecule has 0 aromatic heterocycles. The van der Waals surface area contributed by atoms with Gasteiger partial charge in [0.2, 0.25) is 6.93 Å². The van der Waals surface area contributed by atoms with E-state index in [4.69, 9.17) is 0 Å². The summed E-state index contributed by atoms with van der Waals surface area (Å²) in [7, 11) is 0. The summed E-state index contributed by atoms with van der Waals surface area (Å²) in [6.45, 7) is -3.95. The van der Waals surface area contributed by atoms with E-state index in [1.807, 2.05) is 0 Å². The molecular weight excluding hydrogens is 546 g/mol. The standard InChI is InChI=1S/C6H7F7.2C2H2F4.C2H5F.CH2F2.4CH4/c1-2-3-4(7,5(8,9)10)6(11,12)13;2*3-1-2(4,5)6;1-2-3;2-1-3;;;;/h2-3H2,1H3;2*1H2;2H2,1H3;1H2;4*1H4. The molecule has 0 aromatic rings. The van der Waals surface area contributed by atoms with Crippen LogP contribution in [0.1, 0.15) is 56.4 Å². The number of hydrogen-bond donors (Lipinski definition) is 0. The van der Waals surface area contributed by atoms with Crippen molar-refractivity contribution in [3.8, 4) is 0 Å². The summed E-state index contributed by atoms with van der Waals surface area (Å²) in [4.78, 5) is 0. The molecule has 0 nitrogen and oxygen atoms in total. The molecule has 0 heterocycles. The largest absolute Gasteiger partial charge is 0.431 e. The third-order valence-electron chi connectivity index (χ3n) is 1.80. The SMILES string of the molecule is C.C.C.C.CCCC(F)(C(F)(F)F)C(F)(F)F.CCF.FCC(F)(F)F.FCC(F)(F)F.FCF. The lowest BCUT2D eigenvalue weighted by atomic mass is 9.99. The predicted molar refractivity (Wildman–Crippen MR) is 101 cm³/mol. The maximum Gasteiger partial charge on any atom is 0.431 e. The maximum absolute atomic E-state index is 12.6. The summed E-state index contributed by atoms with van der Waals surface area (Å²) in [5, 5.41) is 0. The Bertz CT molecular complexity index is 337. The first kappa shape index (κ1) is 59.1. The Hall–Kier alpha value is -1.26. The molecule has 0 atom stereocenters. The van der Waals surface area contributed by atoms with E-state index in [1.165, 1.54) is 6.92 Å². The Morgan fingerprint density at radius 2 is 0.600 bits per heavy atom. The van der Waals surface area contributed by atoms with Gasteiger partial charge < -0.3 is 0 Å². The van der Waals surface area contributed by atoms with Gasteiger partial charge in [-0.25, -0.2) is 22.0 Å². The van der Waals surface area contributed by atoms with E-state index in [0.717, 1.165) is 6.92 Å². The van der Waals surface area contributed by atoms with Gasteiger partial charge in [-0.05, 0) is 13.3 Å². The van der Waals surface area contributed by atoms with Crippen LogP contribution in [0.15, 0.2) is 0 Å². The van der Waals surface area contributed by atoms with Gasteiger partial charge in [-0.15, -0.1) is 0 Å². The zero-order chi connectivity index (χ0) is 26.7. The number of rotatable bonds is 2. The van der Waals surface area contributed by atoms with E-state index < -0.39 is 63.5 Å². The second kappa shape index (κ2) is 27.3. The predicted octanol–water partition coefficient (Wildman–Crippen LogP) is 11.1. The van der Waals surface area contributed by atoms with Crippen molar-refractivity contribution in [3.05, 3.63) is 0 Å². The minimum atomic E-state index is -5.90. The molecule has 0 radical (unpaired) electrons. The molecule has 0 unspecified atom stereocenters. The number of halogens is 18. The molecule has 35 heavy (non-hydrogen) atoms. The Morgan fingerprint density at radius 1 is 0.457 bits per heavy atom. The molecule has 0 aromatic carbocycles. The van der Waals surface area contributed by atoms with Gasteiger partial charge >= 0.3 is 24.7 Å². The van der Waals surface area contributed by atoms with Crippen molar-refractivity contribution in [2.24, 2.45) is 0 Å². The Balaban J connectivity index is -0.0000000377. The van der Waals surface area contributed by atoms with E-state index in [2.05, 4.69) is 0 Å². The second-order valence-corrected chi connectivity index (χ2v) is 4.41. The van der Waals surface area contributed by atoms with Gasteiger partial charge in [-0.1, -0.05) is 43.1 Å². The van der Waals surface area contributed by atoms with E-state index in [-0.39, 0.29) is 36.4 Å². The molecule has 0 N–H and O–H groups in total. The van der Waals surface area contributed by atoms with Crippen LogP contribution in [0.25, 0.3) is 0 Å². The van der Waals surface area contributed by atoms with E-state index >= 15 is 0 Å². The quantitative estimate of drug-likeness (QED) is 0.285. The first-order valence-electron chi connectivity index (χ1n) is 7.27. The van der Waals surface area contributed by atoms with Gasteiger partial charge in [0, 0.05) is 0 Å². The molecule has 18 heteroatoms. The fourth-order valence-corrected chi connectivity index (χ4v) is 0.789. The third-order valence-corrected chi connectivity index (χ3v) is 1.80. The van der Waals surface area contributed by atoms with Crippen LogP contribution >= 0.6 is 0 Å². The Kier molecular flexibility index (Phi) is 46.1. The van der Waals surface area contributed by atoms with Crippen LogP contribution < -0.4 is 0 Å². The molecule has 0 saturated carbocycles. The van der Waals surface area contributed by atoms with E-state index in [1.54, 1.807) is 0 Å². The topological polar surface area (TPSA) is 0 Å². The molecule has 0 spiro atoms. The van der Waals surface area contributed by atoms with Crippen LogP contribution in [0.2, 0.25) is 0 Å². The maximum atomic E-state index is 12.6. The third kappa shape index (κ3) is 43.3. The van der Waals surface area contributed by atoms with Crippen molar-refractivity contribution in [2.75, 3.05) is 27.0 Å². The first-order chi connectivity index (χ1) is 13.5. The van der Waals surface area contributed by atoms with Gasteiger partial charge in [0.05, 0.1) is 6.67 Å². The lowest BCUT2D eigenvalue weighted by Crippen LogP contribution is -2.52. The van der Waals surface area contributed by atoms with Crippen molar-refractivity contribution >= 4 is 0 Å². The molecular formula is C17H34F18. The fourth-order valence-electron chi connectivity index (χ4n) is 0.789. The number of alkyl halides is 18. The monoisotopic (exact) mass is 580 g/mol. The average molecular weight is 580 g/mol. The normalized spacial score (nSPS) is 10.6. The molecule has 0 aliphatic carbocycles. The average Bonchev–Trinajstić information content (AvgIpc) is 2.54. The van der Waals surface area contributed by atoms with Crippen LogP contribution in [-0.4, -0.2) is 57.3 Å². The zero-order valence-corrected chi connectivity index (χ0v) is 15.5. The molecule has 0 amide bonds. The van der Waals surface area contributed by atoms with Crippen LogP contribution in [0, 0.1) is 0 Å². The summed E-state index contributed by atoms with van der Waals surface area (Å²) in [5.74, 6) is 0. The van der Waals surface area contributed by atoms with E-state index in [9.17, 15) is 79.0 Å². The van der Waals surface area contributed by atoms with Gasteiger partial charge in [0.15, 0.2) is 13.3 Å². The lowest BCUT2D eigenvalue weighted by Gasteiger charge is -2.29. The van der Waals surface area contributed by atoms with Crippen molar-refractivity contribution in [1.82, 2.24) is 0 Å². The van der Waals surface area contributed by atoms with Crippen molar-refractivity contribution in [3.63, 3.8) is 0 Å². The highest BCUT2D eigenvalue weighted by atomic mass is 19.4. The summed E-state index contributed by atoms with van der Waals surface area (Å²) >= 11 is 0. The molecule has 0 rings (SSSR count). The summed E-state index contributed by atoms with van der Waals surface area (Å²) in [6.07, 6.45) is -23.2. The van der Waals surface area contributed by atoms with Crippen LogP contribution in [0.4, 0.5) is 79.0 Å². The van der Waals surface area contributed by atoms with Crippen LogP contribution in [0.3, 0.4) is 0 Å². The number of hydrogen-bond acceptors (Lipinski definition) is 0. The molecule has 0 aliphatic heterocycles. The first-order valence-corrected chi connectivity index (χ1v) is 7.27. The van der Waals surface area contributed by atoms with Crippen molar-refractivity contribution in [1.29, 1.82) is 0 Å². The highest BCUT2D eigenvalue weighted by Crippen LogP contribution is 2.48. The summed E-state index contributed by atoms with van der Waals surface area (Å²) in [6, 6.07) is 0. The molecule has 0 saturated heterocycles. The zero-order valence-electron chi connectivity index (χ0n) is 15.5.